The molecule has 6 heteroatoms. The minimum Gasteiger partial charge on any atom is -0.374 e. The number of hydrogen-bond donors (Lipinski definition) is 0. The number of rotatable bonds is 2. The molecule has 1 aliphatic heterocycles. The first-order valence-corrected chi connectivity index (χ1v) is 7.83. The number of nitrogens with zero attached hydrogens (tertiary/aromatic N) is 1. The van der Waals surface area contributed by atoms with Crippen molar-refractivity contribution in [1.82, 2.24) is 4.90 Å². The van der Waals surface area contributed by atoms with Gasteiger partial charge in [-0.25, -0.2) is 0 Å². The van der Waals surface area contributed by atoms with Crippen LogP contribution in [0.15, 0.2) is 22.7 Å². The molecule has 0 aliphatic carbocycles. The molecular formula is C12H12Br2ClNO2. The summed E-state index contributed by atoms with van der Waals surface area (Å²) < 4.78 is 6.28. The molecule has 0 bridgehead atoms. The van der Waals surface area contributed by atoms with Crippen LogP contribution >= 0.6 is 43.5 Å². The lowest BCUT2D eigenvalue weighted by Crippen LogP contribution is -2.46. The predicted molar refractivity (Wildman–Crippen MR) is 78.6 cm³/mol. The number of ether oxygens (including phenoxy) is 1. The second-order valence-corrected chi connectivity index (χ2v) is 5.96. The maximum absolute atomic E-state index is 12.4. The van der Waals surface area contributed by atoms with Gasteiger partial charge in [-0.1, -0.05) is 27.5 Å². The van der Waals surface area contributed by atoms with Crippen molar-refractivity contribution in [3.05, 3.63) is 33.3 Å². The molecule has 1 amide bonds. The summed E-state index contributed by atoms with van der Waals surface area (Å²) in [4.78, 5) is 14.2. The molecule has 0 radical (unpaired) electrons. The van der Waals surface area contributed by atoms with Gasteiger partial charge in [0.1, 0.15) is 0 Å². The summed E-state index contributed by atoms with van der Waals surface area (Å²) in [5.74, 6) is -0.0152. The fourth-order valence-corrected chi connectivity index (χ4v) is 2.81. The Morgan fingerprint density at radius 3 is 3.06 bits per heavy atom. The highest BCUT2D eigenvalue weighted by molar-refractivity contribution is 9.10. The lowest BCUT2D eigenvalue weighted by molar-refractivity contribution is -0.00968. The minimum atomic E-state index is -0.0152. The Hall–Kier alpha value is -0.100. The van der Waals surface area contributed by atoms with Crippen molar-refractivity contribution >= 4 is 49.4 Å². The molecule has 1 saturated heterocycles. The van der Waals surface area contributed by atoms with Gasteiger partial charge in [-0.15, -0.1) is 0 Å². The average Bonchev–Trinajstić information content (AvgIpc) is 2.41. The van der Waals surface area contributed by atoms with Crippen LogP contribution in [0.25, 0.3) is 0 Å². The maximum Gasteiger partial charge on any atom is 0.255 e. The molecule has 0 spiro atoms. The van der Waals surface area contributed by atoms with Crippen LogP contribution in [0.1, 0.15) is 10.4 Å². The number of carbonyl (C=O) groups is 1. The van der Waals surface area contributed by atoms with Crippen molar-refractivity contribution in [2.24, 2.45) is 0 Å². The van der Waals surface area contributed by atoms with Gasteiger partial charge in [0, 0.05) is 27.9 Å². The third kappa shape index (κ3) is 3.26. The van der Waals surface area contributed by atoms with Crippen LogP contribution in [0, 0.1) is 0 Å². The molecule has 0 N–H and O–H groups in total. The Morgan fingerprint density at radius 1 is 1.56 bits per heavy atom. The van der Waals surface area contributed by atoms with Gasteiger partial charge in [0.05, 0.1) is 18.3 Å². The molecule has 3 nitrogen and oxygen atoms in total. The topological polar surface area (TPSA) is 29.5 Å². The summed E-state index contributed by atoms with van der Waals surface area (Å²) in [6, 6.07) is 5.23. The van der Waals surface area contributed by atoms with Crippen molar-refractivity contribution in [3.8, 4) is 0 Å². The van der Waals surface area contributed by atoms with E-state index in [0.717, 1.165) is 9.80 Å². The molecule has 0 saturated carbocycles. The normalized spacial score (nSPS) is 19.9. The van der Waals surface area contributed by atoms with E-state index in [1.54, 1.807) is 23.1 Å². The Kier molecular flexibility index (Phi) is 5.06. The molecule has 1 aromatic rings. The third-order valence-corrected chi connectivity index (χ3v) is 4.41. The van der Waals surface area contributed by atoms with Gasteiger partial charge in [-0.3, -0.25) is 4.79 Å². The molecule has 1 atom stereocenters. The lowest BCUT2D eigenvalue weighted by Gasteiger charge is -2.32. The van der Waals surface area contributed by atoms with E-state index >= 15 is 0 Å². The molecule has 1 aliphatic rings. The standard InChI is InChI=1S/C12H12Br2ClNO2/c13-6-9-7-16(3-4-18-9)12(17)10-5-8(15)1-2-11(10)14/h1-2,5,9H,3-4,6-7H2. The molecule has 1 unspecified atom stereocenters. The third-order valence-electron chi connectivity index (χ3n) is 2.76. The van der Waals surface area contributed by atoms with Crippen LogP contribution in [0.2, 0.25) is 5.02 Å². The smallest absolute Gasteiger partial charge is 0.255 e. The van der Waals surface area contributed by atoms with Gasteiger partial charge in [0.2, 0.25) is 0 Å². The van der Waals surface area contributed by atoms with Crippen LogP contribution in [0.5, 0.6) is 0 Å². The number of morpholine rings is 1. The van der Waals surface area contributed by atoms with E-state index in [1.807, 2.05) is 0 Å². The number of amides is 1. The quantitative estimate of drug-likeness (QED) is 0.717. The van der Waals surface area contributed by atoms with Crippen molar-refractivity contribution < 1.29 is 9.53 Å². The molecule has 18 heavy (non-hydrogen) atoms. The van der Waals surface area contributed by atoms with Crippen LogP contribution in [0.4, 0.5) is 0 Å². The fourth-order valence-electron chi connectivity index (χ4n) is 1.83. The van der Waals surface area contributed by atoms with E-state index in [4.69, 9.17) is 16.3 Å². The zero-order valence-corrected chi connectivity index (χ0v) is 13.5. The van der Waals surface area contributed by atoms with Crippen LogP contribution in [-0.4, -0.2) is 41.9 Å². The molecule has 0 aromatic heterocycles. The zero-order chi connectivity index (χ0) is 13.1. The first-order chi connectivity index (χ1) is 8.61. The monoisotopic (exact) mass is 395 g/mol. The Balaban J connectivity index is 2.17. The SMILES string of the molecule is O=C(c1cc(Cl)ccc1Br)N1CCOC(CBr)C1. The average molecular weight is 397 g/mol. The van der Waals surface area contributed by atoms with E-state index in [1.165, 1.54) is 0 Å². The molecular weight excluding hydrogens is 385 g/mol. The van der Waals surface area contributed by atoms with Crippen molar-refractivity contribution in [2.75, 3.05) is 25.0 Å². The second kappa shape index (κ2) is 6.37. The Labute approximate surface area is 128 Å². The number of carbonyl (C=O) groups excluding carboxylic acids is 1. The van der Waals surface area contributed by atoms with E-state index < -0.39 is 0 Å². The van der Waals surface area contributed by atoms with E-state index in [9.17, 15) is 4.79 Å². The van der Waals surface area contributed by atoms with E-state index in [2.05, 4.69) is 31.9 Å². The van der Waals surface area contributed by atoms with Gasteiger partial charge in [0.25, 0.3) is 5.91 Å². The highest BCUT2D eigenvalue weighted by Gasteiger charge is 2.25. The number of halogens is 3. The first kappa shape index (κ1) is 14.3. The molecule has 1 aromatic carbocycles. The summed E-state index contributed by atoms with van der Waals surface area (Å²) in [7, 11) is 0. The molecule has 1 heterocycles. The Morgan fingerprint density at radius 2 is 2.33 bits per heavy atom. The summed E-state index contributed by atoms with van der Waals surface area (Å²) in [5.41, 5.74) is 0.595. The van der Waals surface area contributed by atoms with Gasteiger partial charge in [-0.2, -0.15) is 0 Å². The Bertz CT molecular complexity index is 456. The van der Waals surface area contributed by atoms with Crippen LogP contribution in [0.3, 0.4) is 0 Å². The van der Waals surface area contributed by atoms with Gasteiger partial charge in [-0.05, 0) is 34.1 Å². The van der Waals surface area contributed by atoms with Crippen LogP contribution in [-0.2, 0) is 4.74 Å². The molecule has 2 rings (SSSR count). The number of alkyl halides is 1. The fraction of sp³-hybridized carbons (Fsp3) is 0.417. The van der Waals surface area contributed by atoms with E-state index in [0.29, 0.717) is 30.3 Å². The molecule has 98 valence electrons. The number of hydrogen-bond acceptors (Lipinski definition) is 2. The second-order valence-electron chi connectivity index (χ2n) is 4.02. The molecule has 1 fully saturated rings. The highest BCUT2D eigenvalue weighted by atomic mass is 79.9. The summed E-state index contributed by atoms with van der Waals surface area (Å²) in [6.45, 7) is 1.78. The summed E-state index contributed by atoms with van der Waals surface area (Å²) in [6.07, 6.45) is 0.0562. The predicted octanol–water partition coefficient (Wildman–Crippen LogP) is 3.34. The lowest BCUT2D eigenvalue weighted by atomic mass is 10.2. The zero-order valence-electron chi connectivity index (χ0n) is 9.54. The van der Waals surface area contributed by atoms with E-state index in [-0.39, 0.29) is 12.0 Å². The van der Waals surface area contributed by atoms with Gasteiger partial charge in [0.15, 0.2) is 0 Å². The van der Waals surface area contributed by atoms with Crippen molar-refractivity contribution in [1.29, 1.82) is 0 Å². The first-order valence-electron chi connectivity index (χ1n) is 5.53. The van der Waals surface area contributed by atoms with Crippen molar-refractivity contribution in [2.45, 2.75) is 6.10 Å². The minimum absolute atomic E-state index is 0.0152. The largest absolute Gasteiger partial charge is 0.374 e. The highest BCUT2D eigenvalue weighted by Crippen LogP contribution is 2.23. The number of benzene rings is 1. The maximum atomic E-state index is 12.4. The van der Waals surface area contributed by atoms with Gasteiger partial charge < -0.3 is 9.64 Å². The summed E-state index contributed by atoms with van der Waals surface area (Å²) in [5, 5.41) is 1.29. The van der Waals surface area contributed by atoms with Crippen molar-refractivity contribution in [3.63, 3.8) is 0 Å². The van der Waals surface area contributed by atoms with Gasteiger partial charge >= 0.3 is 0 Å². The summed E-state index contributed by atoms with van der Waals surface area (Å²) >= 11 is 12.7. The van der Waals surface area contributed by atoms with Crippen LogP contribution < -0.4 is 0 Å².